The normalized spacial score (nSPS) is 19.4. The Morgan fingerprint density at radius 3 is 2.50 bits per heavy atom. The highest BCUT2D eigenvalue weighted by Crippen LogP contribution is 2.31. The first kappa shape index (κ1) is 14.2. The fraction of sp³-hybridized carbons (Fsp3) is 0.600. The molecule has 2 rings (SSSR count). The fourth-order valence-corrected chi connectivity index (χ4v) is 3.87. The number of hydrogen-bond acceptors (Lipinski definition) is 2. The summed E-state index contributed by atoms with van der Waals surface area (Å²) in [6, 6.07) is 7.86. The number of aliphatic hydroxyl groups is 1. The minimum Gasteiger partial charge on any atom is -0.392 e. The fourth-order valence-electron chi connectivity index (χ4n) is 2.57. The van der Waals surface area contributed by atoms with Crippen LogP contribution < -0.4 is 0 Å². The van der Waals surface area contributed by atoms with Gasteiger partial charge in [0.2, 0.25) is 0 Å². The Kier molecular flexibility index (Phi) is 5.87. The van der Waals surface area contributed by atoms with Gasteiger partial charge in [0.05, 0.1) is 11.1 Å². The molecule has 0 aliphatic heterocycles. The summed E-state index contributed by atoms with van der Waals surface area (Å²) in [6.45, 7) is 0. The zero-order valence-corrected chi connectivity index (χ0v) is 12.2. The van der Waals surface area contributed by atoms with Crippen molar-refractivity contribution in [1.29, 1.82) is 0 Å². The smallest absolute Gasteiger partial charge is 0.0662 e. The molecule has 1 atom stereocenters. The lowest BCUT2D eigenvalue weighted by Crippen LogP contribution is -2.22. The monoisotopic (exact) mass is 284 g/mol. The lowest BCUT2D eigenvalue weighted by atomic mass is 9.95. The molecule has 0 amide bonds. The quantitative estimate of drug-likeness (QED) is 0.635. The molecule has 0 radical (unpaired) electrons. The standard InChI is InChI=1S/C15H21ClOS/c16-13-9-5-6-10-15(13)18-11-14(17)12-7-3-1-2-4-8-12/h5-6,9-10,12,14,17H,1-4,7-8,11H2. The largest absolute Gasteiger partial charge is 0.392 e. The molecule has 0 spiro atoms. The van der Waals surface area contributed by atoms with Gasteiger partial charge in [-0.25, -0.2) is 0 Å². The van der Waals surface area contributed by atoms with Crippen molar-refractivity contribution in [3.63, 3.8) is 0 Å². The van der Waals surface area contributed by atoms with Crippen LogP contribution in [0.4, 0.5) is 0 Å². The summed E-state index contributed by atoms with van der Waals surface area (Å²) >= 11 is 7.79. The lowest BCUT2D eigenvalue weighted by Gasteiger charge is -2.21. The van der Waals surface area contributed by atoms with Crippen LogP contribution in [0.2, 0.25) is 5.02 Å². The van der Waals surface area contributed by atoms with Gasteiger partial charge in [-0.2, -0.15) is 0 Å². The van der Waals surface area contributed by atoms with E-state index in [1.165, 1.54) is 38.5 Å². The highest BCUT2D eigenvalue weighted by molar-refractivity contribution is 7.99. The molecule has 1 N–H and O–H groups in total. The molecule has 0 aromatic heterocycles. The average molecular weight is 285 g/mol. The Bertz CT molecular complexity index is 361. The van der Waals surface area contributed by atoms with Crippen molar-refractivity contribution < 1.29 is 5.11 Å². The van der Waals surface area contributed by atoms with Crippen molar-refractivity contribution in [3.05, 3.63) is 29.3 Å². The summed E-state index contributed by atoms with van der Waals surface area (Å²) in [4.78, 5) is 1.08. The third-order valence-corrected chi connectivity index (χ3v) is 5.31. The molecular weight excluding hydrogens is 264 g/mol. The summed E-state index contributed by atoms with van der Waals surface area (Å²) in [5.41, 5.74) is 0. The number of hydrogen-bond donors (Lipinski definition) is 1. The van der Waals surface area contributed by atoms with Crippen molar-refractivity contribution in [3.8, 4) is 0 Å². The van der Waals surface area contributed by atoms with Gasteiger partial charge in [-0.15, -0.1) is 11.8 Å². The summed E-state index contributed by atoms with van der Waals surface area (Å²) in [5, 5.41) is 11.1. The van der Waals surface area contributed by atoms with E-state index in [1.807, 2.05) is 24.3 Å². The molecule has 3 heteroatoms. The molecule has 1 fully saturated rings. The highest BCUT2D eigenvalue weighted by atomic mass is 35.5. The highest BCUT2D eigenvalue weighted by Gasteiger charge is 2.20. The second-order valence-electron chi connectivity index (χ2n) is 5.06. The summed E-state index contributed by atoms with van der Waals surface area (Å²) in [5.74, 6) is 1.25. The molecule has 1 nitrogen and oxygen atoms in total. The van der Waals surface area contributed by atoms with Crippen LogP contribution >= 0.6 is 23.4 Å². The first-order valence-corrected chi connectivity index (χ1v) is 8.19. The summed E-state index contributed by atoms with van der Waals surface area (Å²) in [6.07, 6.45) is 7.40. The van der Waals surface area contributed by atoms with Crippen LogP contribution in [0.15, 0.2) is 29.2 Å². The van der Waals surface area contributed by atoms with Gasteiger partial charge in [-0.05, 0) is 30.9 Å². The first-order valence-electron chi connectivity index (χ1n) is 6.83. The van der Waals surface area contributed by atoms with Crippen LogP contribution in [0, 0.1) is 5.92 Å². The zero-order chi connectivity index (χ0) is 12.8. The van der Waals surface area contributed by atoms with E-state index in [2.05, 4.69) is 0 Å². The molecule has 1 aliphatic carbocycles. The number of aliphatic hydroxyl groups excluding tert-OH is 1. The van der Waals surface area contributed by atoms with E-state index < -0.39 is 0 Å². The Balaban J connectivity index is 1.83. The molecule has 100 valence electrons. The van der Waals surface area contributed by atoms with E-state index in [0.717, 1.165) is 15.7 Å². The number of rotatable bonds is 4. The maximum absolute atomic E-state index is 10.3. The predicted octanol–water partition coefficient (Wildman–Crippen LogP) is 4.76. The Morgan fingerprint density at radius 1 is 1.17 bits per heavy atom. The van der Waals surface area contributed by atoms with Crippen molar-refractivity contribution in [2.75, 3.05) is 5.75 Å². The van der Waals surface area contributed by atoms with E-state index in [0.29, 0.717) is 5.92 Å². The second-order valence-corrected chi connectivity index (χ2v) is 6.53. The van der Waals surface area contributed by atoms with Crippen molar-refractivity contribution >= 4 is 23.4 Å². The minimum absolute atomic E-state index is 0.190. The van der Waals surface area contributed by atoms with Crippen molar-refractivity contribution in [2.24, 2.45) is 5.92 Å². The molecular formula is C15H21ClOS. The van der Waals surface area contributed by atoms with Gasteiger partial charge in [-0.3, -0.25) is 0 Å². The third-order valence-electron chi connectivity index (χ3n) is 3.69. The van der Waals surface area contributed by atoms with Crippen LogP contribution in [0.5, 0.6) is 0 Å². The van der Waals surface area contributed by atoms with Gasteiger partial charge in [0.15, 0.2) is 0 Å². The maximum Gasteiger partial charge on any atom is 0.0662 e. The van der Waals surface area contributed by atoms with Gasteiger partial charge in [0.25, 0.3) is 0 Å². The summed E-state index contributed by atoms with van der Waals surface area (Å²) < 4.78 is 0. The molecule has 1 aromatic rings. The SMILES string of the molecule is OC(CSc1ccccc1Cl)C1CCCCCC1. The van der Waals surface area contributed by atoms with Crippen molar-refractivity contribution in [2.45, 2.75) is 49.5 Å². The van der Waals surface area contributed by atoms with Gasteiger partial charge in [0.1, 0.15) is 0 Å². The third kappa shape index (κ3) is 4.18. The summed E-state index contributed by atoms with van der Waals surface area (Å²) in [7, 11) is 0. The molecule has 0 saturated heterocycles. The number of thioether (sulfide) groups is 1. The average Bonchev–Trinajstić information content (AvgIpc) is 2.66. The van der Waals surface area contributed by atoms with Crippen LogP contribution in [0.1, 0.15) is 38.5 Å². The molecule has 1 unspecified atom stereocenters. The van der Waals surface area contributed by atoms with E-state index in [-0.39, 0.29) is 6.10 Å². The Labute approximate surface area is 119 Å². The predicted molar refractivity (Wildman–Crippen MR) is 79.4 cm³/mol. The van der Waals surface area contributed by atoms with Crippen LogP contribution in [0.3, 0.4) is 0 Å². The first-order chi connectivity index (χ1) is 8.77. The molecule has 1 saturated carbocycles. The lowest BCUT2D eigenvalue weighted by molar-refractivity contribution is 0.120. The van der Waals surface area contributed by atoms with E-state index in [4.69, 9.17) is 11.6 Å². The van der Waals surface area contributed by atoms with Crippen LogP contribution in [-0.4, -0.2) is 17.0 Å². The molecule has 18 heavy (non-hydrogen) atoms. The molecule has 1 aliphatic rings. The van der Waals surface area contributed by atoms with Gasteiger partial charge in [0, 0.05) is 10.6 Å². The van der Waals surface area contributed by atoms with Gasteiger partial charge < -0.3 is 5.11 Å². The van der Waals surface area contributed by atoms with Crippen LogP contribution in [0.25, 0.3) is 0 Å². The second kappa shape index (κ2) is 7.42. The Hall–Kier alpha value is -0.180. The minimum atomic E-state index is -0.190. The van der Waals surface area contributed by atoms with Gasteiger partial charge >= 0.3 is 0 Å². The molecule has 0 heterocycles. The molecule has 0 bridgehead atoms. The topological polar surface area (TPSA) is 20.2 Å². The van der Waals surface area contributed by atoms with E-state index >= 15 is 0 Å². The van der Waals surface area contributed by atoms with E-state index in [9.17, 15) is 5.11 Å². The molecule has 1 aromatic carbocycles. The van der Waals surface area contributed by atoms with Crippen LogP contribution in [-0.2, 0) is 0 Å². The van der Waals surface area contributed by atoms with Gasteiger partial charge in [-0.1, -0.05) is 49.4 Å². The zero-order valence-electron chi connectivity index (χ0n) is 10.6. The van der Waals surface area contributed by atoms with E-state index in [1.54, 1.807) is 11.8 Å². The van der Waals surface area contributed by atoms with Crippen molar-refractivity contribution in [1.82, 2.24) is 0 Å². The maximum atomic E-state index is 10.3. The Morgan fingerprint density at radius 2 is 1.83 bits per heavy atom. The number of halogens is 1. The number of benzene rings is 1.